The van der Waals surface area contributed by atoms with Gasteiger partial charge in [-0.3, -0.25) is 4.79 Å². The van der Waals surface area contributed by atoms with E-state index < -0.39 is 5.41 Å². The van der Waals surface area contributed by atoms with E-state index in [0.29, 0.717) is 6.54 Å². The van der Waals surface area contributed by atoms with Crippen LogP contribution in [0, 0.1) is 5.41 Å². The van der Waals surface area contributed by atoms with Crippen LogP contribution in [-0.2, 0) is 4.79 Å². The SMILES string of the molecule is COc1ccc(OC)c(C(C)NCC(C)(C)C(N)=O)c1. The molecule has 1 atom stereocenters. The Labute approximate surface area is 120 Å². The number of carbonyl (C=O) groups is 1. The molecule has 0 spiro atoms. The fourth-order valence-corrected chi connectivity index (χ4v) is 1.78. The van der Waals surface area contributed by atoms with Gasteiger partial charge in [0.15, 0.2) is 0 Å². The Morgan fingerprint density at radius 2 is 2.00 bits per heavy atom. The number of hydrogen-bond acceptors (Lipinski definition) is 4. The molecule has 0 bridgehead atoms. The Balaban J connectivity index is 2.86. The van der Waals surface area contributed by atoms with Gasteiger partial charge in [0.05, 0.1) is 19.6 Å². The van der Waals surface area contributed by atoms with Crippen molar-refractivity contribution in [3.8, 4) is 11.5 Å². The molecule has 0 radical (unpaired) electrons. The molecule has 1 aromatic rings. The summed E-state index contributed by atoms with van der Waals surface area (Å²) in [6.45, 7) is 6.13. The summed E-state index contributed by atoms with van der Waals surface area (Å²) in [6, 6.07) is 5.65. The Hall–Kier alpha value is -1.75. The maximum absolute atomic E-state index is 11.3. The number of ether oxygens (including phenoxy) is 2. The van der Waals surface area contributed by atoms with Crippen LogP contribution in [0.4, 0.5) is 0 Å². The van der Waals surface area contributed by atoms with Crippen molar-refractivity contribution in [1.82, 2.24) is 5.32 Å². The molecule has 0 aliphatic carbocycles. The second-order valence-electron chi connectivity index (χ2n) is 5.46. The van der Waals surface area contributed by atoms with Crippen molar-refractivity contribution in [3.05, 3.63) is 23.8 Å². The van der Waals surface area contributed by atoms with E-state index in [4.69, 9.17) is 15.2 Å². The van der Waals surface area contributed by atoms with Crippen LogP contribution in [0.5, 0.6) is 11.5 Å². The molecule has 1 unspecified atom stereocenters. The average molecular weight is 280 g/mol. The topological polar surface area (TPSA) is 73.6 Å². The van der Waals surface area contributed by atoms with Crippen molar-refractivity contribution in [1.29, 1.82) is 0 Å². The summed E-state index contributed by atoms with van der Waals surface area (Å²) in [5.74, 6) is 1.22. The van der Waals surface area contributed by atoms with Gasteiger partial charge in [0.1, 0.15) is 11.5 Å². The van der Waals surface area contributed by atoms with Crippen molar-refractivity contribution in [2.24, 2.45) is 11.1 Å². The van der Waals surface area contributed by atoms with E-state index in [0.717, 1.165) is 17.1 Å². The fourth-order valence-electron chi connectivity index (χ4n) is 1.78. The predicted octanol–water partition coefficient (Wildman–Crippen LogP) is 1.87. The lowest BCUT2D eigenvalue weighted by atomic mass is 9.92. The molecule has 112 valence electrons. The number of rotatable bonds is 7. The number of methoxy groups -OCH3 is 2. The summed E-state index contributed by atoms with van der Waals surface area (Å²) in [5.41, 5.74) is 5.76. The molecular weight excluding hydrogens is 256 g/mol. The molecule has 1 rings (SSSR count). The van der Waals surface area contributed by atoms with Crippen molar-refractivity contribution in [2.75, 3.05) is 20.8 Å². The van der Waals surface area contributed by atoms with Crippen molar-refractivity contribution < 1.29 is 14.3 Å². The Bertz CT molecular complexity index is 472. The third-order valence-electron chi connectivity index (χ3n) is 3.42. The van der Waals surface area contributed by atoms with Gasteiger partial charge in [0, 0.05) is 18.2 Å². The van der Waals surface area contributed by atoms with Gasteiger partial charge in [-0.25, -0.2) is 0 Å². The number of carbonyl (C=O) groups excluding carboxylic acids is 1. The summed E-state index contributed by atoms with van der Waals surface area (Å²) < 4.78 is 10.6. The zero-order valence-corrected chi connectivity index (χ0v) is 12.8. The van der Waals surface area contributed by atoms with Gasteiger partial charge >= 0.3 is 0 Å². The summed E-state index contributed by atoms with van der Waals surface area (Å²) in [4.78, 5) is 11.3. The average Bonchev–Trinajstić information content (AvgIpc) is 2.43. The first-order valence-electron chi connectivity index (χ1n) is 6.57. The molecule has 3 N–H and O–H groups in total. The first-order valence-corrected chi connectivity index (χ1v) is 6.57. The largest absolute Gasteiger partial charge is 0.497 e. The van der Waals surface area contributed by atoms with Gasteiger partial charge in [0.25, 0.3) is 0 Å². The predicted molar refractivity (Wildman–Crippen MR) is 78.9 cm³/mol. The van der Waals surface area contributed by atoms with Crippen molar-refractivity contribution in [3.63, 3.8) is 0 Å². The molecule has 0 saturated carbocycles. The van der Waals surface area contributed by atoms with Gasteiger partial charge in [-0.1, -0.05) is 0 Å². The van der Waals surface area contributed by atoms with E-state index in [2.05, 4.69) is 5.32 Å². The van der Waals surface area contributed by atoms with E-state index in [1.54, 1.807) is 14.2 Å². The Morgan fingerprint density at radius 1 is 1.35 bits per heavy atom. The number of primary amides is 1. The van der Waals surface area contributed by atoms with E-state index in [9.17, 15) is 4.79 Å². The molecule has 20 heavy (non-hydrogen) atoms. The molecular formula is C15H24N2O3. The third-order valence-corrected chi connectivity index (χ3v) is 3.42. The van der Waals surface area contributed by atoms with Crippen LogP contribution in [0.3, 0.4) is 0 Å². The van der Waals surface area contributed by atoms with Crippen LogP contribution in [0.2, 0.25) is 0 Å². The summed E-state index contributed by atoms with van der Waals surface area (Å²) in [5, 5.41) is 3.31. The van der Waals surface area contributed by atoms with Gasteiger partial charge in [0.2, 0.25) is 5.91 Å². The molecule has 0 heterocycles. The smallest absolute Gasteiger partial charge is 0.224 e. The first kappa shape index (κ1) is 16.3. The minimum absolute atomic E-state index is 0.0127. The van der Waals surface area contributed by atoms with Crippen LogP contribution in [0.15, 0.2) is 18.2 Å². The number of benzene rings is 1. The van der Waals surface area contributed by atoms with Crippen molar-refractivity contribution >= 4 is 5.91 Å². The maximum Gasteiger partial charge on any atom is 0.224 e. The quantitative estimate of drug-likeness (QED) is 0.799. The Morgan fingerprint density at radius 3 is 2.50 bits per heavy atom. The van der Waals surface area contributed by atoms with E-state index in [-0.39, 0.29) is 11.9 Å². The number of amides is 1. The summed E-state index contributed by atoms with van der Waals surface area (Å²) in [6.07, 6.45) is 0. The second-order valence-corrected chi connectivity index (χ2v) is 5.46. The third kappa shape index (κ3) is 3.87. The van der Waals surface area contributed by atoms with Crippen molar-refractivity contribution in [2.45, 2.75) is 26.8 Å². The Kier molecular flexibility index (Phi) is 5.39. The molecule has 0 aliphatic rings. The molecule has 0 fully saturated rings. The lowest BCUT2D eigenvalue weighted by Gasteiger charge is -2.25. The molecule has 1 aromatic carbocycles. The number of nitrogens with one attached hydrogen (secondary N) is 1. The van der Waals surface area contributed by atoms with Gasteiger partial charge in [-0.15, -0.1) is 0 Å². The molecule has 0 aromatic heterocycles. The maximum atomic E-state index is 11.3. The summed E-state index contributed by atoms with van der Waals surface area (Å²) >= 11 is 0. The lowest BCUT2D eigenvalue weighted by molar-refractivity contribution is -0.125. The standard InChI is InChI=1S/C15H24N2O3/c1-10(17-9-15(2,3)14(16)18)12-8-11(19-4)6-7-13(12)20-5/h6-8,10,17H,9H2,1-5H3,(H2,16,18). The molecule has 5 heteroatoms. The van der Waals surface area contributed by atoms with Gasteiger partial charge in [-0.05, 0) is 39.0 Å². The lowest BCUT2D eigenvalue weighted by Crippen LogP contribution is -2.41. The number of hydrogen-bond donors (Lipinski definition) is 2. The zero-order chi connectivity index (χ0) is 15.3. The highest BCUT2D eigenvalue weighted by Crippen LogP contribution is 2.29. The molecule has 5 nitrogen and oxygen atoms in total. The van der Waals surface area contributed by atoms with E-state index >= 15 is 0 Å². The number of nitrogens with two attached hydrogens (primary N) is 1. The highest BCUT2D eigenvalue weighted by Gasteiger charge is 2.25. The van der Waals surface area contributed by atoms with Gasteiger partial charge < -0.3 is 20.5 Å². The van der Waals surface area contributed by atoms with Gasteiger partial charge in [-0.2, -0.15) is 0 Å². The minimum atomic E-state index is -0.597. The summed E-state index contributed by atoms with van der Waals surface area (Å²) in [7, 11) is 3.26. The van der Waals surface area contributed by atoms with Crippen LogP contribution in [-0.4, -0.2) is 26.7 Å². The molecule has 1 amide bonds. The minimum Gasteiger partial charge on any atom is -0.497 e. The van der Waals surface area contributed by atoms with Crippen LogP contribution < -0.4 is 20.5 Å². The normalized spacial score (nSPS) is 12.8. The molecule has 0 aliphatic heterocycles. The second kappa shape index (κ2) is 6.61. The van der Waals surface area contributed by atoms with Crippen LogP contribution in [0.25, 0.3) is 0 Å². The van der Waals surface area contributed by atoms with Crippen LogP contribution in [0.1, 0.15) is 32.4 Å². The van der Waals surface area contributed by atoms with E-state index in [1.165, 1.54) is 0 Å². The van der Waals surface area contributed by atoms with Crippen LogP contribution >= 0.6 is 0 Å². The molecule has 0 saturated heterocycles. The monoisotopic (exact) mass is 280 g/mol. The fraction of sp³-hybridized carbons (Fsp3) is 0.533. The van der Waals surface area contributed by atoms with E-state index in [1.807, 2.05) is 39.0 Å². The highest BCUT2D eigenvalue weighted by atomic mass is 16.5. The zero-order valence-electron chi connectivity index (χ0n) is 12.8. The highest BCUT2D eigenvalue weighted by molar-refractivity contribution is 5.80. The first-order chi connectivity index (χ1) is 9.31.